The Labute approximate surface area is 260 Å². The van der Waals surface area contributed by atoms with Gasteiger partial charge < -0.3 is 21.1 Å². The lowest BCUT2D eigenvalue weighted by Crippen LogP contribution is -2.40. The van der Waals surface area contributed by atoms with Crippen molar-refractivity contribution in [2.24, 2.45) is 13.0 Å². The summed E-state index contributed by atoms with van der Waals surface area (Å²) in [5.74, 6) is -0.246. The lowest BCUT2D eigenvalue weighted by atomic mass is 9.86. The number of carbonyl (C=O) groups is 2. The van der Waals surface area contributed by atoms with Gasteiger partial charge in [-0.1, -0.05) is 38.1 Å². The smallest absolute Gasteiger partial charge is 0.261 e. The van der Waals surface area contributed by atoms with Crippen LogP contribution in [-0.2, 0) is 11.8 Å². The zero-order valence-electron chi connectivity index (χ0n) is 25.4. The van der Waals surface area contributed by atoms with E-state index in [4.69, 9.17) is 5.73 Å². The number of likely N-dealkylation sites (tertiary alicyclic amines) is 1. The summed E-state index contributed by atoms with van der Waals surface area (Å²) in [7, 11) is 1.88. The number of aromatic nitrogens is 3. The van der Waals surface area contributed by atoms with Gasteiger partial charge in [-0.25, -0.2) is 4.39 Å². The number of benzene rings is 3. The van der Waals surface area contributed by atoms with Gasteiger partial charge in [-0.2, -0.15) is 5.10 Å². The van der Waals surface area contributed by atoms with E-state index in [-0.39, 0.29) is 23.1 Å². The van der Waals surface area contributed by atoms with Gasteiger partial charge in [0.1, 0.15) is 17.1 Å². The molecule has 4 N–H and O–H groups in total. The average molecular weight is 607 g/mol. The quantitative estimate of drug-likeness (QED) is 0.207. The summed E-state index contributed by atoms with van der Waals surface area (Å²) in [5, 5.41) is 19.0. The minimum Gasteiger partial charge on any atom is -0.506 e. The minimum atomic E-state index is -0.528. The minimum absolute atomic E-state index is 0.000383. The molecule has 1 fully saturated rings. The highest BCUT2D eigenvalue weighted by atomic mass is 19.1. The second-order valence-corrected chi connectivity index (χ2v) is 11.8. The summed E-state index contributed by atoms with van der Waals surface area (Å²) in [5.41, 5.74) is 11.7. The number of fused-ring (bicyclic) bond motifs is 1. The van der Waals surface area contributed by atoms with Gasteiger partial charge in [0.05, 0.1) is 10.9 Å². The van der Waals surface area contributed by atoms with Crippen LogP contribution in [0.3, 0.4) is 0 Å². The molecule has 45 heavy (non-hydrogen) atoms. The van der Waals surface area contributed by atoms with Gasteiger partial charge in [-0.05, 0) is 77.4 Å². The molecule has 0 radical (unpaired) electrons. The van der Waals surface area contributed by atoms with Crippen LogP contribution in [0.15, 0.2) is 73.1 Å². The fourth-order valence-corrected chi connectivity index (χ4v) is 6.09. The number of hydrogen-bond donors (Lipinski definition) is 3. The molecule has 9 nitrogen and oxygen atoms in total. The average Bonchev–Trinajstić information content (AvgIpc) is 3.33. The van der Waals surface area contributed by atoms with E-state index in [0.717, 1.165) is 48.0 Å². The SMILES string of the molecule is CC(C)C(=O)N1CCC(c2cc(-c3ccc(NC(=O)c4cncc(-c5ccc(F)cc5)c4O)cc3)c3c(N)nn(C)c3c2)CC1. The van der Waals surface area contributed by atoms with E-state index in [0.29, 0.717) is 28.6 Å². The molecule has 1 aliphatic heterocycles. The Bertz CT molecular complexity index is 1890. The Morgan fingerprint density at radius 2 is 1.62 bits per heavy atom. The number of pyridine rings is 1. The molecule has 1 saturated heterocycles. The van der Waals surface area contributed by atoms with Crippen molar-refractivity contribution in [2.75, 3.05) is 24.1 Å². The summed E-state index contributed by atoms with van der Waals surface area (Å²) in [6, 6.07) is 17.3. The second kappa shape index (κ2) is 12.0. The summed E-state index contributed by atoms with van der Waals surface area (Å²) >= 11 is 0. The molecule has 3 heterocycles. The first-order chi connectivity index (χ1) is 21.6. The van der Waals surface area contributed by atoms with Crippen molar-refractivity contribution in [3.63, 3.8) is 0 Å². The lowest BCUT2D eigenvalue weighted by Gasteiger charge is -2.33. The molecule has 2 aromatic heterocycles. The fraction of sp³-hybridized carbons (Fsp3) is 0.257. The van der Waals surface area contributed by atoms with Crippen molar-refractivity contribution in [1.82, 2.24) is 19.7 Å². The number of aryl methyl sites for hydroxylation is 1. The molecule has 0 bridgehead atoms. The normalized spacial score (nSPS) is 13.8. The molecule has 0 atom stereocenters. The number of rotatable bonds is 6. The third-order valence-corrected chi connectivity index (χ3v) is 8.55. The van der Waals surface area contributed by atoms with Crippen LogP contribution in [-0.4, -0.2) is 49.7 Å². The maximum Gasteiger partial charge on any atom is 0.261 e. The molecule has 0 unspecified atom stereocenters. The van der Waals surface area contributed by atoms with Crippen LogP contribution < -0.4 is 11.1 Å². The van der Waals surface area contributed by atoms with Crippen LogP contribution >= 0.6 is 0 Å². The number of nitrogens with one attached hydrogen (secondary N) is 1. The number of nitrogens with zero attached hydrogens (tertiary/aromatic N) is 4. The number of piperidine rings is 1. The number of hydrogen-bond acceptors (Lipinski definition) is 6. The number of halogens is 1. The second-order valence-electron chi connectivity index (χ2n) is 11.8. The highest BCUT2D eigenvalue weighted by molar-refractivity contribution is 6.07. The third kappa shape index (κ3) is 5.83. The molecular formula is C35H35FN6O3. The van der Waals surface area contributed by atoms with Gasteiger partial charge in [0, 0.05) is 49.7 Å². The zero-order valence-corrected chi connectivity index (χ0v) is 25.4. The van der Waals surface area contributed by atoms with E-state index >= 15 is 0 Å². The number of amides is 2. The Balaban J connectivity index is 1.25. The highest BCUT2D eigenvalue weighted by Crippen LogP contribution is 2.39. The lowest BCUT2D eigenvalue weighted by molar-refractivity contribution is -0.135. The van der Waals surface area contributed by atoms with Crippen molar-refractivity contribution in [3.05, 3.63) is 90.0 Å². The highest BCUT2D eigenvalue weighted by Gasteiger charge is 2.27. The summed E-state index contributed by atoms with van der Waals surface area (Å²) < 4.78 is 15.2. The predicted octanol–water partition coefficient (Wildman–Crippen LogP) is 6.34. The number of carbonyl (C=O) groups excluding carboxylic acids is 2. The van der Waals surface area contributed by atoms with Crippen molar-refractivity contribution >= 4 is 34.2 Å². The molecule has 1 aliphatic rings. The Hall–Kier alpha value is -5.25. The van der Waals surface area contributed by atoms with Crippen LogP contribution in [0.5, 0.6) is 5.75 Å². The number of nitrogen functional groups attached to an aromatic ring is 1. The molecule has 10 heteroatoms. The summed E-state index contributed by atoms with van der Waals surface area (Å²) in [6.45, 7) is 5.34. The Kier molecular flexibility index (Phi) is 7.97. The standard InChI is InChI=1S/C35H35FN6O3/c1-20(2)35(45)42-14-12-21(13-15-42)24-16-27(31-30(17-24)41(3)40-33(31)37)22-6-10-26(11-7-22)39-34(44)29-19-38-18-28(32(29)43)23-4-8-25(36)9-5-23/h4-11,16-21H,12-15H2,1-3H3,(H2,37,40)(H,38,43)(H,39,44). The first-order valence-corrected chi connectivity index (χ1v) is 15.0. The maximum absolute atomic E-state index is 13.4. The molecule has 0 aliphatic carbocycles. The summed E-state index contributed by atoms with van der Waals surface area (Å²) in [6.07, 6.45) is 4.49. The van der Waals surface area contributed by atoms with Gasteiger partial charge in [0.25, 0.3) is 5.91 Å². The zero-order chi connectivity index (χ0) is 31.8. The number of aromatic hydroxyl groups is 1. The van der Waals surface area contributed by atoms with Crippen molar-refractivity contribution < 1.29 is 19.1 Å². The van der Waals surface area contributed by atoms with Crippen LogP contribution in [0, 0.1) is 11.7 Å². The summed E-state index contributed by atoms with van der Waals surface area (Å²) in [4.78, 5) is 31.8. The van der Waals surface area contributed by atoms with Crippen molar-refractivity contribution in [3.8, 4) is 28.0 Å². The molecule has 2 amide bonds. The first-order valence-electron chi connectivity index (χ1n) is 15.0. The van der Waals surface area contributed by atoms with E-state index in [1.165, 1.54) is 42.2 Å². The molecule has 0 spiro atoms. The Morgan fingerprint density at radius 3 is 2.29 bits per heavy atom. The van der Waals surface area contributed by atoms with Gasteiger partial charge in [0.15, 0.2) is 5.82 Å². The van der Waals surface area contributed by atoms with Gasteiger partial charge >= 0.3 is 0 Å². The molecule has 5 aromatic rings. The number of nitrogens with two attached hydrogens (primary N) is 1. The third-order valence-electron chi connectivity index (χ3n) is 8.55. The van der Waals surface area contributed by atoms with E-state index in [1.54, 1.807) is 16.8 Å². The molecular weight excluding hydrogens is 571 g/mol. The molecule has 6 rings (SSSR count). The molecule has 3 aromatic carbocycles. The van der Waals surface area contributed by atoms with Crippen LogP contribution in [0.25, 0.3) is 33.2 Å². The van der Waals surface area contributed by atoms with Gasteiger partial charge in [-0.15, -0.1) is 0 Å². The maximum atomic E-state index is 13.4. The molecule has 0 saturated carbocycles. The van der Waals surface area contributed by atoms with E-state index in [9.17, 15) is 19.1 Å². The van der Waals surface area contributed by atoms with Crippen molar-refractivity contribution in [2.45, 2.75) is 32.6 Å². The van der Waals surface area contributed by atoms with Crippen molar-refractivity contribution in [1.29, 1.82) is 0 Å². The largest absolute Gasteiger partial charge is 0.506 e. The predicted molar refractivity (Wildman–Crippen MR) is 173 cm³/mol. The van der Waals surface area contributed by atoms with E-state index in [1.807, 2.05) is 37.9 Å². The topological polar surface area (TPSA) is 126 Å². The van der Waals surface area contributed by atoms with Gasteiger partial charge in [-0.3, -0.25) is 19.3 Å². The van der Waals surface area contributed by atoms with Crippen LogP contribution in [0.1, 0.15) is 48.5 Å². The van der Waals surface area contributed by atoms with Crippen LogP contribution in [0.2, 0.25) is 0 Å². The van der Waals surface area contributed by atoms with Gasteiger partial charge in [0.2, 0.25) is 5.91 Å². The van der Waals surface area contributed by atoms with E-state index < -0.39 is 11.7 Å². The number of anilines is 2. The monoisotopic (exact) mass is 606 g/mol. The van der Waals surface area contributed by atoms with E-state index in [2.05, 4.69) is 27.5 Å². The van der Waals surface area contributed by atoms with Crippen LogP contribution in [0.4, 0.5) is 15.9 Å². The fourth-order valence-electron chi connectivity index (χ4n) is 6.09. The molecule has 230 valence electrons. The first kappa shape index (κ1) is 29.8. The Morgan fingerprint density at radius 1 is 0.978 bits per heavy atom.